The van der Waals surface area contributed by atoms with Gasteiger partial charge in [0.1, 0.15) is 0 Å². The van der Waals surface area contributed by atoms with Gasteiger partial charge in [-0.05, 0) is 43.4 Å². The molecule has 18 heavy (non-hydrogen) atoms. The quantitative estimate of drug-likeness (QED) is 0.864. The minimum absolute atomic E-state index is 0.0218. The summed E-state index contributed by atoms with van der Waals surface area (Å²) in [6.45, 7) is 1.30. The third-order valence-electron chi connectivity index (χ3n) is 3.58. The van der Waals surface area contributed by atoms with Crippen LogP contribution < -0.4 is 4.90 Å². The number of hydrogen-bond acceptors (Lipinski definition) is 3. The molecule has 0 spiro atoms. The first kappa shape index (κ1) is 13.7. The molecule has 1 fully saturated rings. The third kappa shape index (κ3) is 2.97. The molecule has 1 unspecified atom stereocenters. The number of rotatable bonds is 5. The zero-order chi connectivity index (χ0) is 13.0. The van der Waals surface area contributed by atoms with E-state index in [1.165, 1.54) is 6.42 Å². The van der Waals surface area contributed by atoms with Crippen molar-refractivity contribution >= 4 is 17.3 Å². The number of anilines is 1. The van der Waals surface area contributed by atoms with Crippen LogP contribution in [0.3, 0.4) is 0 Å². The number of hydrogen-bond donors (Lipinski definition) is 2. The molecule has 1 atom stereocenters. The molecule has 1 heterocycles. The molecule has 2 N–H and O–H groups in total. The molecule has 0 aromatic heterocycles. The van der Waals surface area contributed by atoms with Crippen LogP contribution in [0, 0.1) is 0 Å². The lowest BCUT2D eigenvalue weighted by molar-refractivity contribution is 0.279. The summed E-state index contributed by atoms with van der Waals surface area (Å²) in [7, 11) is 0. The molecule has 3 nitrogen and oxygen atoms in total. The SMILES string of the molecule is OCCCC1CCCN1c1ccc(CO)cc1Cl. The summed E-state index contributed by atoms with van der Waals surface area (Å²) >= 11 is 6.29. The van der Waals surface area contributed by atoms with Crippen molar-refractivity contribution in [3.63, 3.8) is 0 Å². The van der Waals surface area contributed by atoms with E-state index in [0.29, 0.717) is 11.1 Å². The highest BCUT2D eigenvalue weighted by molar-refractivity contribution is 6.33. The highest BCUT2D eigenvalue weighted by Crippen LogP contribution is 2.34. The van der Waals surface area contributed by atoms with Gasteiger partial charge in [0.25, 0.3) is 0 Å². The van der Waals surface area contributed by atoms with Crippen molar-refractivity contribution in [1.29, 1.82) is 0 Å². The van der Waals surface area contributed by atoms with Gasteiger partial charge in [-0.25, -0.2) is 0 Å². The molecule has 0 saturated carbocycles. The maximum atomic E-state index is 9.09. The van der Waals surface area contributed by atoms with Gasteiger partial charge in [0.15, 0.2) is 0 Å². The Balaban J connectivity index is 2.14. The summed E-state index contributed by atoms with van der Waals surface area (Å²) in [6, 6.07) is 6.22. The van der Waals surface area contributed by atoms with Crippen LogP contribution in [-0.2, 0) is 6.61 Å². The first-order chi connectivity index (χ1) is 8.76. The summed E-state index contributed by atoms with van der Waals surface area (Å²) < 4.78 is 0. The summed E-state index contributed by atoms with van der Waals surface area (Å²) in [4.78, 5) is 2.33. The molecule has 0 bridgehead atoms. The molecular weight excluding hydrogens is 250 g/mol. The predicted molar refractivity (Wildman–Crippen MR) is 74.1 cm³/mol. The largest absolute Gasteiger partial charge is 0.396 e. The third-order valence-corrected chi connectivity index (χ3v) is 3.88. The van der Waals surface area contributed by atoms with Crippen molar-refractivity contribution in [3.05, 3.63) is 28.8 Å². The van der Waals surface area contributed by atoms with E-state index in [9.17, 15) is 0 Å². The van der Waals surface area contributed by atoms with Crippen LogP contribution in [0.15, 0.2) is 18.2 Å². The van der Waals surface area contributed by atoms with Crippen LogP contribution in [0.25, 0.3) is 0 Å². The fourth-order valence-electron chi connectivity index (χ4n) is 2.66. The molecule has 1 saturated heterocycles. The first-order valence-corrected chi connectivity index (χ1v) is 6.91. The van der Waals surface area contributed by atoms with Gasteiger partial charge in [-0.3, -0.25) is 0 Å². The average molecular weight is 270 g/mol. The van der Waals surface area contributed by atoms with Crippen molar-refractivity contribution in [3.8, 4) is 0 Å². The Morgan fingerprint density at radius 2 is 2.17 bits per heavy atom. The van der Waals surface area contributed by atoms with Crippen LogP contribution in [0.5, 0.6) is 0 Å². The molecule has 4 heteroatoms. The van der Waals surface area contributed by atoms with Gasteiger partial charge < -0.3 is 15.1 Å². The maximum absolute atomic E-state index is 9.09. The fourth-order valence-corrected chi connectivity index (χ4v) is 2.97. The van der Waals surface area contributed by atoms with Gasteiger partial charge in [-0.2, -0.15) is 0 Å². The van der Waals surface area contributed by atoms with E-state index >= 15 is 0 Å². The number of aliphatic hydroxyl groups excluding tert-OH is 2. The summed E-state index contributed by atoms with van der Waals surface area (Å²) in [6.07, 6.45) is 4.19. The molecular formula is C14H20ClNO2. The van der Waals surface area contributed by atoms with Crippen molar-refractivity contribution in [2.75, 3.05) is 18.1 Å². The number of halogens is 1. The zero-order valence-corrected chi connectivity index (χ0v) is 11.2. The number of aliphatic hydroxyl groups is 2. The van der Waals surface area contributed by atoms with E-state index in [0.717, 1.165) is 37.1 Å². The van der Waals surface area contributed by atoms with Gasteiger partial charge in [0.2, 0.25) is 0 Å². The van der Waals surface area contributed by atoms with Crippen LogP contribution in [-0.4, -0.2) is 29.4 Å². The number of benzene rings is 1. The van der Waals surface area contributed by atoms with Gasteiger partial charge in [-0.1, -0.05) is 17.7 Å². The van der Waals surface area contributed by atoms with Gasteiger partial charge in [-0.15, -0.1) is 0 Å². The second-order valence-corrected chi connectivity index (χ2v) is 5.21. The first-order valence-electron chi connectivity index (χ1n) is 6.53. The zero-order valence-electron chi connectivity index (χ0n) is 10.5. The Bertz CT molecular complexity index is 397. The number of nitrogens with zero attached hydrogens (tertiary/aromatic N) is 1. The Morgan fingerprint density at radius 3 is 2.83 bits per heavy atom. The Kier molecular flexibility index (Phi) is 4.87. The molecule has 2 rings (SSSR count). The van der Waals surface area contributed by atoms with E-state index < -0.39 is 0 Å². The highest BCUT2D eigenvalue weighted by atomic mass is 35.5. The van der Waals surface area contributed by atoms with Crippen molar-refractivity contribution in [2.45, 2.75) is 38.3 Å². The molecule has 0 amide bonds. The van der Waals surface area contributed by atoms with E-state index in [2.05, 4.69) is 4.90 Å². The average Bonchev–Trinajstić information content (AvgIpc) is 2.84. The monoisotopic (exact) mass is 269 g/mol. The maximum Gasteiger partial charge on any atom is 0.0682 e. The van der Waals surface area contributed by atoms with Gasteiger partial charge in [0, 0.05) is 19.2 Å². The van der Waals surface area contributed by atoms with Gasteiger partial charge in [0.05, 0.1) is 17.3 Å². The van der Waals surface area contributed by atoms with E-state index in [1.807, 2.05) is 18.2 Å². The second-order valence-electron chi connectivity index (χ2n) is 4.80. The van der Waals surface area contributed by atoms with E-state index in [4.69, 9.17) is 21.8 Å². The highest BCUT2D eigenvalue weighted by Gasteiger charge is 2.25. The second kappa shape index (κ2) is 6.41. The summed E-state index contributed by atoms with van der Waals surface area (Å²) in [5.41, 5.74) is 1.89. The molecule has 1 aromatic carbocycles. The fraction of sp³-hybridized carbons (Fsp3) is 0.571. The lowest BCUT2D eigenvalue weighted by Gasteiger charge is -2.27. The Labute approximate surface area is 113 Å². The molecule has 1 aliphatic heterocycles. The van der Waals surface area contributed by atoms with Crippen molar-refractivity contribution in [1.82, 2.24) is 0 Å². The van der Waals surface area contributed by atoms with E-state index in [1.54, 1.807) is 0 Å². The lowest BCUT2D eigenvalue weighted by Crippen LogP contribution is -2.29. The van der Waals surface area contributed by atoms with E-state index in [-0.39, 0.29) is 13.2 Å². The Hall–Kier alpha value is -0.770. The smallest absolute Gasteiger partial charge is 0.0682 e. The predicted octanol–water partition coefficient (Wildman–Crippen LogP) is 2.57. The van der Waals surface area contributed by atoms with Gasteiger partial charge >= 0.3 is 0 Å². The molecule has 100 valence electrons. The van der Waals surface area contributed by atoms with Crippen LogP contribution >= 0.6 is 11.6 Å². The minimum atomic E-state index is 0.0218. The van der Waals surface area contributed by atoms with Crippen molar-refractivity contribution in [2.24, 2.45) is 0 Å². The van der Waals surface area contributed by atoms with Crippen molar-refractivity contribution < 1.29 is 10.2 Å². The topological polar surface area (TPSA) is 43.7 Å². The molecule has 0 aliphatic carbocycles. The van der Waals surface area contributed by atoms with Crippen LogP contribution in [0.4, 0.5) is 5.69 Å². The van der Waals surface area contributed by atoms with Crippen LogP contribution in [0.1, 0.15) is 31.2 Å². The summed E-state index contributed by atoms with van der Waals surface area (Å²) in [5.74, 6) is 0. The lowest BCUT2D eigenvalue weighted by atomic mass is 10.1. The normalized spacial score (nSPS) is 19.5. The Morgan fingerprint density at radius 1 is 1.33 bits per heavy atom. The minimum Gasteiger partial charge on any atom is -0.396 e. The standard InChI is InChI=1S/C14H20ClNO2/c15-13-9-11(10-18)5-6-14(13)16-7-1-3-12(16)4-2-8-17/h5-6,9,12,17-18H,1-4,7-8,10H2. The van der Waals surface area contributed by atoms with Crippen LogP contribution in [0.2, 0.25) is 5.02 Å². The molecule has 1 aliphatic rings. The summed E-state index contributed by atoms with van der Waals surface area (Å²) in [5, 5.41) is 18.7. The molecule has 0 radical (unpaired) electrons. The molecule has 1 aromatic rings.